The van der Waals surface area contributed by atoms with E-state index in [-0.39, 0.29) is 30.0 Å². The Morgan fingerprint density at radius 2 is 1.48 bits per heavy atom. The topological polar surface area (TPSA) is 24.9 Å². The number of rotatable bonds is 9. The van der Waals surface area contributed by atoms with Gasteiger partial charge in [0.1, 0.15) is 23.4 Å². The SMILES string of the molecule is CCSC1CCCC2=C1OC1=C(N(C3=C4C=CCCC4C4C5CCC(N(C6C=CC(C(F)(F)F)CC6)C6CCCC7C8=C(OC76)C(SC)CCC8)CC5C5(C6CCC=CC6SC6CCCCC65)C4C3)C3CCCCC3)CCCC21. The molecule has 0 radical (unpaired) electrons. The second-order valence-corrected chi connectivity index (χ2v) is 32.3. The molecule has 10 heteroatoms. The molecule has 0 bridgehead atoms. The predicted molar refractivity (Wildman–Crippen MR) is 321 cm³/mol. The van der Waals surface area contributed by atoms with Crippen LogP contribution in [0.25, 0.3) is 0 Å². The Balaban J connectivity index is 0.857. The van der Waals surface area contributed by atoms with Gasteiger partial charge in [-0.2, -0.15) is 48.5 Å². The number of allylic oxidation sites excluding steroid dienone is 8. The molecule has 3 aliphatic heterocycles. The van der Waals surface area contributed by atoms with Crippen LogP contribution < -0.4 is 0 Å². The Kier molecular flexibility index (Phi) is 15.1. The van der Waals surface area contributed by atoms with E-state index in [1.54, 1.807) is 34.2 Å². The molecule has 0 aromatic carbocycles. The van der Waals surface area contributed by atoms with Crippen LogP contribution >= 0.6 is 35.3 Å². The largest absolute Gasteiger partial charge is 0.491 e. The molecule has 12 aliphatic carbocycles. The van der Waals surface area contributed by atoms with Crippen molar-refractivity contribution in [2.45, 2.75) is 263 Å². The second kappa shape index (κ2) is 22.0. The summed E-state index contributed by atoms with van der Waals surface area (Å²) in [6, 6.07) is 1.19. The highest BCUT2D eigenvalue weighted by Crippen LogP contribution is 2.77. The van der Waals surface area contributed by atoms with Gasteiger partial charge in [-0.1, -0.05) is 81.9 Å². The molecule has 3 heterocycles. The fourth-order valence-electron chi connectivity index (χ4n) is 22.6. The number of thioether (sulfide) groups is 3. The molecule has 432 valence electrons. The molecule has 19 unspecified atom stereocenters. The molecule has 79 heavy (non-hydrogen) atoms. The van der Waals surface area contributed by atoms with Gasteiger partial charge in [0.25, 0.3) is 0 Å². The van der Waals surface area contributed by atoms with Crippen molar-refractivity contribution < 1.29 is 22.6 Å². The van der Waals surface area contributed by atoms with E-state index in [9.17, 15) is 13.2 Å². The van der Waals surface area contributed by atoms with Crippen molar-refractivity contribution in [1.82, 2.24) is 9.80 Å². The summed E-state index contributed by atoms with van der Waals surface area (Å²) in [4.78, 5) is 6.12. The Morgan fingerprint density at radius 1 is 0.658 bits per heavy atom. The van der Waals surface area contributed by atoms with Crippen molar-refractivity contribution in [1.29, 1.82) is 0 Å². The van der Waals surface area contributed by atoms with Gasteiger partial charge >= 0.3 is 6.18 Å². The fourth-order valence-corrected chi connectivity index (χ4v) is 26.6. The minimum atomic E-state index is -4.18. The fraction of sp³-hybridized carbons (Fsp3) is 0.797. The first-order valence-corrected chi connectivity index (χ1v) is 36.7. The monoisotopic (exact) mass is 1140 g/mol. The maximum atomic E-state index is 14.6. The van der Waals surface area contributed by atoms with E-state index in [0.717, 1.165) is 29.8 Å². The highest BCUT2D eigenvalue weighted by atomic mass is 32.2. The lowest BCUT2D eigenvalue weighted by Gasteiger charge is -2.63. The van der Waals surface area contributed by atoms with E-state index in [2.05, 4.69) is 76.9 Å². The van der Waals surface area contributed by atoms with E-state index >= 15 is 0 Å². The first-order valence-electron chi connectivity index (χ1n) is 33.5. The number of ether oxygens (including phenoxy) is 2. The van der Waals surface area contributed by atoms with Gasteiger partial charge in [-0.3, -0.25) is 4.90 Å². The molecule has 4 nitrogen and oxygen atoms in total. The summed E-state index contributed by atoms with van der Waals surface area (Å²) in [5, 5.41) is 2.27. The molecule has 0 N–H and O–H groups in total. The van der Waals surface area contributed by atoms with E-state index in [0.29, 0.717) is 81.6 Å². The summed E-state index contributed by atoms with van der Waals surface area (Å²) < 4.78 is 58.8. The van der Waals surface area contributed by atoms with Crippen molar-refractivity contribution in [2.24, 2.45) is 64.6 Å². The average Bonchev–Trinajstić information content (AvgIpc) is 4.33. The zero-order valence-corrected chi connectivity index (χ0v) is 50.6. The first-order chi connectivity index (χ1) is 38.7. The van der Waals surface area contributed by atoms with Crippen LogP contribution in [-0.4, -0.2) is 79.3 Å². The molecule has 1 spiro atoms. The Hall–Kier alpha value is -1.62. The van der Waals surface area contributed by atoms with Crippen LogP contribution in [0.15, 0.2) is 81.8 Å². The van der Waals surface area contributed by atoms with Gasteiger partial charge in [0.2, 0.25) is 0 Å². The molecule has 1 saturated heterocycles. The average molecular weight is 1140 g/mol. The molecule has 0 aromatic rings. The number of alkyl halides is 3. The van der Waals surface area contributed by atoms with Crippen LogP contribution in [0.4, 0.5) is 13.2 Å². The van der Waals surface area contributed by atoms with Crippen molar-refractivity contribution >= 4 is 35.3 Å². The Bertz CT molecular complexity index is 2540. The molecule has 15 aliphatic rings. The van der Waals surface area contributed by atoms with Crippen molar-refractivity contribution in [3.8, 4) is 0 Å². The summed E-state index contributed by atoms with van der Waals surface area (Å²) in [7, 11) is 0. The molecule has 0 aromatic heterocycles. The third-order valence-corrected chi connectivity index (χ3v) is 29.1. The number of halogens is 3. The predicted octanol–water partition coefficient (Wildman–Crippen LogP) is 18.4. The number of hydrogen-bond acceptors (Lipinski definition) is 7. The van der Waals surface area contributed by atoms with Crippen LogP contribution in [-0.2, 0) is 9.47 Å². The molecular weight excluding hydrogens is 1040 g/mol. The van der Waals surface area contributed by atoms with Crippen LogP contribution in [0.5, 0.6) is 0 Å². The highest BCUT2D eigenvalue weighted by molar-refractivity contribution is 8.00. The lowest BCUT2D eigenvalue weighted by molar-refractivity contribution is -0.165. The number of fused-ring (bicyclic) bond motifs is 15. The van der Waals surface area contributed by atoms with E-state index in [1.807, 2.05) is 11.8 Å². The van der Waals surface area contributed by atoms with Crippen LogP contribution in [0.2, 0.25) is 0 Å². The smallest absolute Gasteiger partial charge is 0.395 e. The van der Waals surface area contributed by atoms with Gasteiger partial charge in [-0.15, -0.1) is 0 Å². The van der Waals surface area contributed by atoms with Crippen LogP contribution in [0.1, 0.15) is 206 Å². The van der Waals surface area contributed by atoms with Crippen molar-refractivity contribution in [2.75, 3.05) is 12.0 Å². The first kappa shape index (κ1) is 54.1. The summed E-state index contributed by atoms with van der Waals surface area (Å²) in [6.07, 6.45) is 50.1. The van der Waals surface area contributed by atoms with E-state index in [4.69, 9.17) is 9.47 Å². The molecule has 0 amide bonds. The van der Waals surface area contributed by atoms with Gasteiger partial charge < -0.3 is 14.4 Å². The van der Waals surface area contributed by atoms with Gasteiger partial charge in [-0.05, 0) is 236 Å². The van der Waals surface area contributed by atoms with Crippen LogP contribution in [0, 0.1) is 64.6 Å². The zero-order valence-electron chi connectivity index (χ0n) is 48.1. The number of nitrogens with zero attached hydrogens (tertiary/aromatic N) is 2. The minimum absolute atomic E-state index is 0.0332. The summed E-state index contributed by atoms with van der Waals surface area (Å²) in [5.41, 5.74) is 8.66. The molecule has 6 fully saturated rings. The van der Waals surface area contributed by atoms with Gasteiger partial charge in [0.15, 0.2) is 0 Å². The van der Waals surface area contributed by atoms with Crippen molar-refractivity contribution in [3.05, 3.63) is 81.8 Å². The maximum Gasteiger partial charge on any atom is 0.395 e. The highest BCUT2D eigenvalue weighted by Gasteiger charge is 2.72. The van der Waals surface area contributed by atoms with E-state index in [1.165, 1.54) is 191 Å². The molecular formula is C69H95F3N2O2S3. The second-order valence-electron chi connectivity index (χ2n) is 28.3. The zero-order chi connectivity index (χ0) is 53.1. The summed E-state index contributed by atoms with van der Waals surface area (Å²) in [6.45, 7) is 2.34. The lowest BCUT2D eigenvalue weighted by atomic mass is 9.48. The normalized spacial score (nSPS) is 44.5. The summed E-state index contributed by atoms with van der Waals surface area (Å²) >= 11 is 6.54. The Morgan fingerprint density at radius 3 is 2.32 bits per heavy atom. The molecule has 15 rings (SSSR count). The Labute approximate surface area is 486 Å². The van der Waals surface area contributed by atoms with Gasteiger partial charge in [-0.25, -0.2) is 0 Å². The maximum absolute atomic E-state index is 14.6. The standard InChI is InChI=1S/C69H95F3N2O2S3/c1-3-78-62-32-16-24-50-48-22-14-28-57(65(48)76-67(50)62)74(42-17-5-4-6-18-42)58-40-55-63(46-20-8-7-19-45(46)58)51-38-37-44(39-54(51)68(55)52-25-9-11-29-59(52)79-60-30-12-10-26-53(60)68)73(43-35-33-41(34-36-43)69(70,71)72)56-27-13-21-47-49-23-15-31-61(77-2)66(49)75-64(47)56/h7,11,19,29,33,35,41-44,46-48,51-56,59-64H,3-6,8-10,12-18,20-28,30-32,34,36-40H2,1-2H3. The third kappa shape index (κ3) is 8.94. The quantitative estimate of drug-likeness (QED) is 0.212. The third-order valence-electron chi connectivity index (χ3n) is 25.2. The number of hydrogen-bond donors (Lipinski definition) is 0. The minimum Gasteiger partial charge on any atom is -0.491 e. The van der Waals surface area contributed by atoms with E-state index < -0.39 is 12.1 Å². The molecule has 19 atom stereocenters. The van der Waals surface area contributed by atoms with Gasteiger partial charge in [0.05, 0.1) is 22.1 Å². The lowest BCUT2D eigenvalue weighted by Crippen LogP contribution is -2.61. The molecule has 5 saturated carbocycles. The van der Waals surface area contributed by atoms with Crippen molar-refractivity contribution in [3.63, 3.8) is 0 Å². The van der Waals surface area contributed by atoms with Gasteiger partial charge in [0, 0.05) is 52.2 Å². The van der Waals surface area contributed by atoms with Crippen LogP contribution in [0.3, 0.4) is 0 Å². The summed E-state index contributed by atoms with van der Waals surface area (Å²) in [5.74, 6) is 9.56.